The number of rotatable bonds is 5. The Morgan fingerprint density at radius 1 is 1.08 bits per heavy atom. The van der Waals surface area contributed by atoms with Crippen LogP contribution >= 0.6 is 0 Å². The molecule has 0 aliphatic carbocycles. The van der Waals surface area contributed by atoms with Crippen LogP contribution < -0.4 is 20.3 Å². The topological polar surface area (TPSA) is 65.4 Å². The van der Waals surface area contributed by atoms with Crippen LogP contribution in [-0.2, 0) is 0 Å². The smallest absolute Gasteiger partial charge is 0.266 e. The molecule has 3 rings (SSSR count). The van der Waals surface area contributed by atoms with Crippen molar-refractivity contribution in [1.82, 2.24) is 14.9 Å². The van der Waals surface area contributed by atoms with E-state index in [9.17, 15) is 4.79 Å². The first kappa shape index (κ1) is 17.0. The Bertz CT molecular complexity index is 949. The molecule has 130 valence electrons. The number of para-hydroxylation sites is 1. The van der Waals surface area contributed by atoms with Crippen LogP contribution in [-0.4, -0.2) is 30.8 Å². The van der Waals surface area contributed by atoms with Gasteiger partial charge >= 0.3 is 0 Å². The molecule has 6 nitrogen and oxygen atoms in total. The first-order valence-corrected chi connectivity index (χ1v) is 8.02. The lowest BCUT2D eigenvalue weighted by molar-refractivity contribution is 0.414. The molecular formula is C19H21N3O3. The summed E-state index contributed by atoms with van der Waals surface area (Å²) in [6, 6.07) is 12.6. The van der Waals surface area contributed by atoms with E-state index in [-0.39, 0.29) is 11.6 Å². The second-order valence-electron chi connectivity index (χ2n) is 5.68. The zero-order valence-corrected chi connectivity index (χ0v) is 14.7. The molecule has 1 aromatic heterocycles. The third-order valence-corrected chi connectivity index (χ3v) is 4.26. The van der Waals surface area contributed by atoms with E-state index in [0.29, 0.717) is 22.5 Å². The molecule has 0 bridgehead atoms. The van der Waals surface area contributed by atoms with Crippen LogP contribution in [0.1, 0.15) is 18.8 Å². The summed E-state index contributed by atoms with van der Waals surface area (Å²) in [7, 11) is 5.02. The molecule has 0 radical (unpaired) electrons. The Morgan fingerprint density at radius 3 is 2.40 bits per heavy atom. The molecule has 3 aromatic rings. The summed E-state index contributed by atoms with van der Waals surface area (Å²) in [6.07, 6.45) is 0. The van der Waals surface area contributed by atoms with E-state index in [4.69, 9.17) is 14.5 Å². The van der Waals surface area contributed by atoms with Gasteiger partial charge in [0.2, 0.25) is 0 Å². The van der Waals surface area contributed by atoms with Gasteiger partial charge in [0.15, 0.2) is 0 Å². The highest BCUT2D eigenvalue weighted by molar-refractivity contribution is 5.84. The van der Waals surface area contributed by atoms with E-state index >= 15 is 0 Å². The average molecular weight is 339 g/mol. The fraction of sp³-hybridized carbons (Fsp3) is 0.263. The van der Waals surface area contributed by atoms with Crippen molar-refractivity contribution in [3.63, 3.8) is 0 Å². The first-order chi connectivity index (χ1) is 12.1. The van der Waals surface area contributed by atoms with Crippen LogP contribution in [0.2, 0.25) is 0 Å². The van der Waals surface area contributed by atoms with Crippen LogP contribution in [0.3, 0.4) is 0 Å². The van der Waals surface area contributed by atoms with Gasteiger partial charge in [0, 0.05) is 0 Å². The van der Waals surface area contributed by atoms with Crippen molar-refractivity contribution in [3.05, 3.63) is 58.6 Å². The molecule has 25 heavy (non-hydrogen) atoms. The maximum atomic E-state index is 13.2. The van der Waals surface area contributed by atoms with Crippen molar-refractivity contribution in [2.75, 3.05) is 21.3 Å². The highest BCUT2D eigenvalue weighted by Crippen LogP contribution is 2.25. The highest BCUT2D eigenvalue weighted by Gasteiger charge is 2.18. The normalized spacial score (nSPS) is 12.2. The summed E-state index contributed by atoms with van der Waals surface area (Å²) < 4.78 is 12.2. The van der Waals surface area contributed by atoms with Crippen molar-refractivity contribution in [2.45, 2.75) is 13.0 Å². The van der Waals surface area contributed by atoms with Gasteiger partial charge in [0.1, 0.15) is 22.8 Å². The number of methoxy groups -OCH3 is 2. The van der Waals surface area contributed by atoms with Gasteiger partial charge in [-0.15, -0.1) is 0 Å². The van der Waals surface area contributed by atoms with Gasteiger partial charge in [-0.2, -0.15) is 0 Å². The summed E-state index contributed by atoms with van der Waals surface area (Å²) in [6.45, 7) is 1.96. The fourth-order valence-electron chi connectivity index (χ4n) is 2.76. The van der Waals surface area contributed by atoms with Crippen LogP contribution in [0.25, 0.3) is 16.6 Å². The lowest BCUT2D eigenvalue weighted by atomic mass is 10.2. The molecule has 0 aliphatic rings. The molecule has 0 aliphatic heterocycles. The summed E-state index contributed by atoms with van der Waals surface area (Å²) in [4.78, 5) is 17.9. The van der Waals surface area contributed by atoms with Gasteiger partial charge in [-0.05, 0) is 50.4 Å². The van der Waals surface area contributed by atoms with Gasteiger partial charge in [-0.1, -0.05) is 6.07 Å². The van der Waals surface area contributed by atoms with Crippen molar-refractivity contribution >= 4 is 10.9 Å². The van der Waals surface area contributed by atoms with Gasteiger partial charge in [0.05, 0.1) is 31.3 Å². The number of hydrogen-bond donors (Lipinski definition) is 1. The molecule has 1 N–H and O–H groups in total. The van der Waals surface area contributed by atoms with Crippen molar-refractivity contribution < 1.29 is 9.47 Å². The van der Waals surface area contributed by atoms with Crippen LogP contribution in [0, 0.1) is 0 Å². The Morgan fingerprint density at radius 2 is 1.80 bits per heavy atom. The van der Waals surface area contributed by atoms with Crippen LogP contribution in [0.5, 0.6) is 11.5 Å². The molecule has 2 aromatic carbocycles. The van der Waals surface area contributed by atoms with E-state index in [0.717, 1.165) is 11.4 Å². The van der Waals surface area contributed by atoms with Gasteiger partial charge < -0.3 is 14.8 Å². The number of fused-ring (bicyclic) bond motifs is 1. The Balaban J connectivity index is 2.35. The maximum Gasteiger partial charge on any atom is 0.266 e. The van der Waals surface area contributed by atoms with Crippen molar-refractivity contribution in [2.24, 2.45) is 0 Å². The Hall–Kier alpha value is -2.86. The van der Waals surface area contributed by atoms with E-state index in [1.807, 2.05) is 38.2 Å². The largest absolute Gasteiger partial charge is 0.497 e. The summed E-state index contributed by atoms with van der Waals surface area (Å²) >= 11 is 0. The number of nitrogens with one attached hydrogen (secondary N) is 1. The van der Waals surface area contributed by atoms with E-state index in [1.165, 1.54) is 0 Å². The number of benzene rings is 2. The third kappa shape index (κ3) is 2.96. The first-order valence-electron chi connectivity index (χ1n) is 8.02. The molecule has 0 amide bonds. The van der Waals surface area contributed by atoms with E-state index < -0.39 is 0 Å². The Kier molecular flexibility index (Phi) is 4.72. The van der Waals surface area contributed by atoms with E-state index in [1.54, 1.807) is 37.0 Å². The molecule has 0 unspecified atom stereocenters. The summed E-state index contributed by atoms with van der Waals surface area (Å²) in [5, 5.41) is 3.67. The van der Waals surface area contributed by atoms with Crippen LogP contribution in [0.15, 0.2) is 47.3 Å². The van der Waals surface area contributed by atoms with Gasteiger partial charge in [-0.25, -0.2) is 4.98 Å². The zero-order chi connectivity index (χ0) is 18.0. The quantitative estimate of drug-likeness (QED) is 0.774. The molecule has 1 atom stereocenters. The van der Waals surface area contributed by atoms with Crippen molar-refractivity contribution in [1.29, 1.82) is 0 Å². The molecule has 0 saturated carbocycles. The number of hydrogen-bond acceptors (Lipinski definition) is 5. The molecule has 1 heterocycles. The second kappa shape index (κ2) is 6.94. The predicted molar refractivity (Wildman–Crippen MR) is 97.9 cm³/mol. The number of aromatic nitrogens is 2. The maximum absolute atomic E-state index is 13.2. The highest BCUT2D eigenvalue weighted by atomic mass is 16.5. The predicted octanol–water partition coefficient (Wildman–Crippen LogP) is 2.68. The minimum atomic E-state index is -0.133. The molecule has 6 heteroatoms. The number of ether oxygens (including phenoxy) is 2. The average Bonchev–Trinajstić information content (AvgIpc) is 2.67. The van der Waals surface area contributed by atoms with E-state index in [2.05, 4.69) is 5.32 Å². The van der Waals surface area contributed by atoms with Gasteiger partial charge in [0.25, 0.3) is 5.56 Å². The third-order valence-electron chi connectivity index (χ3n) is 4.26. The van der Waals surface area contributed by atoms with Crippen molar-refractivity contribution in [3.8, 4) is 17.2 Å². The summed E-state index contributed by atoms with van der Waals surface area (Å²) in [5.74, 6) is 1.94. The lowest BCUT2D eigenvalue weighted by Gasteiger charge is -2.19. The van der Waals surface area contributed by atoms with Gasteiger partial charge in [-0.3, -0.25) is 9.36 Å². The fourth-order valence-corrected chi connectivity index (χ4v) is 2.76. The zero-order valence-electron chi connectivity index (χ0n) is 14.7. The minimum Gasteiger partial charge on any atom is -0.497 e. The second-order valence-corrected chi connectivity index (χ2v) is 5.68. The van der Waals surface area contributed by atoms with Crippen LogP contribution in [0.4, 0.5) is 0 Å². The SMILES string of the molecule is CN[C@H](C)c1nc2c(OC)cccc2c(=O)n1-c1ccc(OC)cc1. The molecule has 0 spiro atoms. The molecule has 0 fully saturated rings. The standard InChI is InChI=1S/C19H21N3O3/c1-12(20-2)18-21-17-15(6-5-7-16(17)25-4)19(23)22(18)13-8-10-14(24-3)11-9-13/h5-12,20H,1-4H3/t12-/m1/s1. The minimum absolute atomic E-state index is 0.121. The lowest BCUT2D eigenvalue weighted by Crippen LogP contribution is -2.28. The Labute approximate surface area is 146 Å². The molecular weight excluding hydrogens is 318 g/mol. The monoisotopic (exact) mass is 339 g/mol. The summed E-state index contributed by atoms with van der Waals surface area (Å²) in [5.41, 5.74) is 1.17. The number of nitrogens with zero attached hydrogens (tertiary/aromatic N) is 2. The molecule has 0 saturated heterocycles.